The Bertz CT molecular complexity index is 1320. The number of para-hydroxylation sites is 1. The van der Waals surface area contributed by atoms with Gasteiger partial charge in [-0.25, -0.2) is 4.79 Å². The van der Waals surface area contributed by atoms with E-state index >= 15 is 0 Å². The molecule has 8 atom stereocenters. The Morgan fingerprint density at radius 1 is 1.17 bits per heavy atom. The van der Waals surface area contributed by atoms with Gasteiger partial charge in [0.05, 0.1) is 24.0 Å². The second kappa shape index (κ2) is 8.48. The fourth-order valence-corrected chi connectivity index (χ4v) is 10.3. The quantitative estimate of drug-likeness (QED) is 0.552. The number of carbonyl (C=O) groups excluding carboxylic acids is 2. The van der Waals surface area contributed by atoms with Crippen molar-refractivity contribution in [3.63, 3.8) is 0 Å². The summed E-state index contributed by atoms with van der Waals surface area (Å²) in [6.07, 6.45) is 1.00. The number of carbonyl (C=O) groups is 3. The number of hydrogen-bond acceptors (Lipinski definition) is 7. The van der Waals surface area contributed by atoms with Crippen LogP contribution in [0.3, 0.4) is 0 Å². The van der Waals surface area contributed by atoms with Crippen molar-refractivity contribution in [3.05, 3.63) is 44.4 Å². The molecule has 3 heterocycles. The third-order valence-corrected chi connectivity index (χ3v) is 11.1. The summed E-state index contributed by atoms with van der Waals surface area (Å²) in [6, 6.07) is 6.66. The van der Waals surface area contributed by atoms with Gasteiger partial charge in [0, 0.05) is 21.6 Å². The second-order valence-corrected chi connectivity index (χ2v) is 12.9. The number of nitrogens with one attached hydrogen (secondary N) is 1. The molecular weight excluding hydrogens is 500 g/mol. The van der Waals surface area contributed by atoms with Crippen LogP contribution in [-0.4, -0.2) is 51.2 Å². The molecule has 1 aromatic heterocycles. The number of thiazole rings is 1. The van der Waals surface area contributed by atoms with Crippen LogP contribution in [0.4, 0.5) is 0 Å². The van der Waals surface area contributed by atoms with Crippen molar-refractivity contribution in [2.24, 2.45) is 35.5 Å². The third-order valence-electron chi connectivity index (χ3n) is 8.52. The van der Waals surface area contributed by atoms with Crippen LogP contribution in [0.2, 0.25) is 0 Å². The summed E-state index contributed by atoms with van der Waals surface area (Å²) >= 11 is 2.82. The highest BCUT2D eigenvalue weighted by Crippen LogP contribution is 2.69. The molecule has 10 heteroatoms. The fraction of sp³-hybridized carbons (Fsp3) is 0.538. The van der Waals surface area contributed by atoms with E-state index in [1.54, 1.807) is 18.9 Å². The number of rotatable bonds is 6. The van der Waals surface area contributed by atoms with E-state index < -0.39 is 23.8 Å². The topological polar surface area (TPSA) is 117 Å². The van der Waals surface area contributed by atoms with Gasteiger partial charge in [0.15, 0.2) is 0 Å². The average Bonchev–Trinajstić information content (AvgIpc) is 3.56. The molecule has 0 spiro atoms. The Labute approximate surface area is 216 Å². The summed E-state index contributed by atoms with van der Waals surface area (Å²) in [5, 5.41) is 10.8. The number of likely N-dealkylation sites (tertiary alicyclic amines) is 1. The van der Waals surface area contributed by atoms with E-state index in [-0.39, 0.29) is 57.9 Å². The molecule has 2 aliphatic carbocycles. The van der Waals surface area contributed by atoms with Crippen LogP contribution in [0.15, 0.2) is 34.1 Å². The SMILES string of the molecule is COc1ccccc1[C@@H]1c2sc(=O)[nH]c2S[C@@H]2[C@H]3C[C@@H]([C@@H]4C(=O)N([C@H](CC(C)C)C(=O)O)C(=O)[C@H]34)[C@H]12. The molecule has 2 aliphatic heterocycles. The minimum absolute atomic E-state index is 0.0322. The smallest absolute Gasteiger partial charge is 0.326 e. The van der Waals surface area contributed by atoms with Gasteiger partial charge in [-0.1, -0.05) is 43.4 Å². The number of aliphatic carboxylic acids is 1. The van der Waals surface area contributed by atoms with Gasteiger partial charge in [-0.3, -0.25) is 19.3 Å². The second-order valence-electron chi connectivity index (χ2n) is 10.7. The lowest BCUT2D eigenvalue weighted by molar-refractivity contribution is -0.156. The number of H-pyrrole nitrogens is 1. The number of amides is 2. The van der Waals surface area contributed by atoms with Gasteiger partial charge < -0.3 is 14.8 Å². The van der Waals surface area contributed by atoms with Gasteiger partial charge in [0.1, 0.15) is 11.8 Å². The van der Waals surface area contributed by atoms with E-state index in [9.17, 15) is 24.3 Å². The number of methoxy groups -OCH3 is 1. The molecular formula is C26H28N2O6S2. The number of carboxylic acids is 1. The number of hydrogen-bond donors (Lipinski definition) is 2. The number of aromatic nitrogens is 1. The van der Waals surface area contributed by atoms with Gasteiger partial charge in [-0.2, -0.15) is 0 Å². The van der Waals surface area contributed by atoms with Crippen LogP contribution in [0, 0.1) is 35.5 Å². The van der Waals surface area contributed by atoms with Crippen molar-refractivity contribution in [1.29, 1.82) is 0 Å². The summed E-state index contributed by atoms with van der Waals surface area (Å²) < 4.78 is 5.70. The molecule has 2 bridgehead atoms. The van der Waals surface area contributed by atoms with Crippen LogP contribution in [0.5, 0.6) is 5.75 Å². The van der Waals surface area contributed by atoms with E-state index in [4.69, 9.17) is 4.74 Å². The van der Waals surface area contributed by atoms with Crippen molar-refractivity contribution < 1.29 is 24.2 Å². The highest BCUT2D eigenvalue weighted by atomic mass is 32.2. The predicted molar refractivity (Wildman–Crippen MR) is 134 cm³/mol. The molecule has 1 aromatic carbocycles. The lowest BCUT2D eigenvalue weighted by atomic mass is 9.68. The zero-order chi connectivity index (χ0) is 25.5. The predicted octanol–water partition coefficient (Wildman–Crippen LogP) is 3.42. The molecule has 0 radical (unpaired) electrons. The number of nitrogens with zero attached hydrogens (tertiary/aromatic N) is 1. The molecule has 0 unspecified atom stereocenters. The standard InChI is InChI=1S/C26H28N2O6S2/c1-10(2)8-14(25(31)32)28-23(29)18-12-9-13(19(18)24(28)30)20-17(12)16(11-6-4-5-7-15(11)34-3)21-22(35-20)27-26(33)36-21/h4-7,10,12-14,16-20H,8-9H2,1-3H3,(H,27,33)(H,31,32)/t12-,13+,14-,16+,17-,18+,19-,20-/m1/s1. The van der Waals surface area contributed by atoms with Gasteiger partial charge in [0.25, 0.3) is 0 Å². The molecule has 36 heavy (non-hydrogen) atoms. The van der Waals surface area contributed by atoms with Gasteiger partial charge >= 0.3 is 10.8 Å². The van der Waals surface area contributed by atoms with E-state index in [0.717, 1.165) is 32.5 Å². The van der Waals surface area contributed by atoms with Crippen LogP contribution >= 0.6 is 23.1 Å². The highest BCUT2D eigenvalue weighted by molar-refractivity contribution is 8.00. The minimum Gasteiger partial charge on any atom is -0.496 e. The number of imide groups is 1. The number of benzene rings is 1. The van der Waals surface area contributed by atoms with Gasteiger partial charge in [0.2, 0.25) is 11.8 Å². The Morgan fingerprint density at radius 2 is 1.86 bits per heavy atom. The molecule has 2 aromatic rings. The summed E-state index contributed by atoms with van der Waals surface area (Å²) in [5.41, 5.74) is 0.979. The van der Waals surface area contributed by atoms with Crippen LogP contribution in [-0.2, 0) is 14.4 Å². The van der Waals surface area contributed by atoms with Crippen molar-refractivity contribution in [3.8, 4) is 5.75 Å². The molecule has 8 nitrogen and oxygen atoms in total. The van der Waals surface area contributed by atoms with Gasteiger partial charge in [-0.15, -0.1) is 11.8 Å². The molecule has 2 amide bonds. The van der Waals surface area contributed by atoms with E-state index in [0.29, 0.717) is 0 Å². The number of carboxylic acid groups (broad SMARTS) is 1. The number of fused-ring (bicyclic) bond motifs is 9. The van der Waals surface area contributed by atoms with Crippen LogP contribution in [0.1, 0.15) is 43.0 Å². The Morgan fingerprint density at radius 3 is 2.53 bits per heavy atom. The van der Waals surface area contributed by atoms with Crippen LogP contribution < -0.4 is 9.61 Å². The monoisotopic (exact) mass is 528 g/mol. The van der Waals surface area contributed by atoms with Crippen molar-refractivity contribution in [2.75, 3.05) is 7.11 Å². The zero-order valence-electron chi connectivity index (χ0n) is 20.2. The molecule has 6 rings (SSSR count). The van der Waals surface area contributed by atoms with E-state index in [2.05, 4.69) is 4.98 Å². The molecule has 3 fully saturated rings. The van der Waals surface area contributed by atoms with Crippen molar-refractivity contribution in [2.45, 2.75) is 48.9 Å². The average molecular weight is 529 g/mol. The summed E-state index contributed by atoms with van der Waals surface area (Å²) in [4.78, 5) is 56.8. The normalized spacial score (nSPS) is 33.0. The summed E-state index contributed by atoms with van der Waals surface area (Å²) in [7, 11) is 1.63. The first kappa shape index (κ1) is 23.8. The van der Waals surface area contributed by atoms with Crippen LogP contribution in [0.25, 0.3) is 0 Å². The molecule has 2 saturated carbocycles. The lowest BCUT2D eigenvalue weighted by Gasteiger charge is -2.43. The van der Waals surface area contributed by atoms with E-state index in [1.165, 1.54) is 11.3 Å². The maximum atomic E-state index is 13.8. The van der Waals surface area contributed by atoms with Crippen molar-refractivity contribution in [1.82, 2.24) is 9.88 Å². The van der Waals surface area contributed by atoms with Gasteiger partial charge in [-0.05, 0) is 42.6 Å². The first-order chi connectivity index (χ1) is 17.2. The lowest BCUT2D eigenvalue weighted by Crippen LogP contribution is -2.47. The summed E-state index contributed by atoms with van der Waals surface area (Å²) in [6.45, 7) is 3.79. The number of thioether (sulfide) groups is 1. The maximum Gasteiger partial charge on any atom is 0.326 e. The molecule has 4 aliphatic rings. The first-order valence-corrected chi connectivity index (χ1v) is 14.0. The summed E-state index contributed by atoms with van der Waals surface area (Å²) in [5.74, 6) is -2.22. The molecule has 190 valence electrons. The number of aromatic amines is 1. The first-order valence-electron chi connectivity index (χ1n) is 12.3. The minimum atomic E-state index is -1.13. The number of ether oxygens (including phenoxy) is 1. The maximum absolute atomic E-state index is 13.8. The molecule has 1 saturated heterocycles. The largest absolute Gasteiger partial charge is 0.496 e. The molecule has 2 N–H and O–H groups in total. The Kier molecular flexibility index (Phi) is 5.60. The Hall–Kier alpha value is -2.59. The fourth-order valence-electron chi connectivity index (χ4n) is 7.38. The van der Waals surface area contributed by atoms with E-state index in [1.807, 2.05) is 38.1 Å². The van der Waals surface area contributed by atoms with Crippen molar-refractivity contribution >= 4 is 40.9 Å². The zero-order valence-corrected chi connectivity index (χ0v) is 21.8. The third kappa shape index (κ3) is 3.26. The highest BCUT2D eigenvalue weighted by Gasteiger charge is 2.70. The Balaban J connectivity index is 1.44.